The van der Waals surface area contributed by atoms with Crippen molar-refractivity contribution in [3.8, 4) is 5.00 Å². The molecule has 0 radical (unpaired) electrons. The molecule has 0 saturated carbocycles. The van der Waals surface area contributed by atoms with Crippen molar-refractivity contribution in [2.45, 2.75) is 44.4 Å². The molecule has 0 bridgehead atoms. The van der Waals surface area contributed by atoms with E-state index in [1.807, 2.05) is 47.0 Å². The van der Waals surface area contributed by atoms with Crippen LogP contribution in [0.1, 0.15) is 68.5 Å². The van der Waals surface area contributed by atoms with E-state index in [2.05, 4.69) is 31.2 Å². The van der Waals surface area contributed by atoms with Gasteiger partial charge in [-0.2, -0.15) is 0 Å². The molecule has 6 nitrogen and oxygen atoms in total. The quantitative estimate of drug-likeness (QED) is 0.254. The number of aliphatic carboxylic acids is 1. The van der Waals surface area contributed by atoms with Crippen LogP contribution in [0.2, 0.25) is 5.02 Å². The van der Waals surface area contributed by atoms with Crippen LogP contribution in [0, 0.1) is 0 Å². The van der Waals surface area contributed by atoms with Crippen LogP contribution in [-0.2, 0) is 24.1 Å². The third-order valence-corrected chi connectivity index (χ3v) is 8.55. The Bertz CT molecular complexity index is 1540. The third-order valence-electron chi connectivity index (χ3n) is 7.01. The van der Waals surface area contributed by atoms with Gasteiger partial charge in [0.15, 0.2) is 0 Å². The van der Waals surface area contributed by atoms with Gasteiger partial charge in [0.2, 0.25) is 0 Å². The van der Waals surface area contributed by atoms with Crippen LogP contribution < -0.4 is 5.73 Å². The van der Waals surface area contributed by atoms with Crippen molar-refractivity contribution in [1.82, 2.24) is 9.55 Å². The average Bonchev–Trinajstić information content (AvgIpc) is 3.51. The lowest BCUT2D eigenvalue weighted by atomic mass is 9.88. The first-order chi connectivity index (χ1) is 18.3. The van der Waals surface area contributed by atoms with Crippen LogP contribution in [0.25, 0.3) is 11.1 Å². The van der Waals surface area contributed by atoms with Gasteiger partial charge in [0.25, 0.3) is 5.91 Å². The predicted octanol–water partition coefficient (Wildman–Crippen LogP) is 6.40. The summed E-state index contributed by atoms with van der Waals surface area (Å²) in [6.45, 7) is 2.10. The minimum atomic E-state index is -0.794. The fourth-order valence-corrected chi connectivity index (χ4v) is 6.41. The minimum absolute atomic E-state index is 0.117. The number of carboxylic acid groups (broad SMARTS) is 1. The first-order valence-electron chi connectivity index (χ1n) is 12.5. The summed E-state index contributed by atoms with van der Waals surface area (Å²) < 4.78 is 2.02. The second kappa shape index (κ2) is 11.0. The van der Waals surface area contributed by atoms with E-state index in [0.717, 1.165) is 45.1 Å². The SMILES string of the molecule is C[C@@H](Cc1cc(-n2cnc3c2C=CC(c2cccc(CCC(=O)O)c2)C3)sc1C(N)=O)c1ccccc1Cl. The summed E-state index contributed by atoms with van der Waals surface area (Å²) in [6, 6.07) is 17.9. The van der Waals surface area contributed by atoms with Crippen molar-refractivity contribution >= 4 is 40.9 Å². The van der Waals surface area contributed by atoms with Crippen molar-refractivity contribution in [2.24, 2.45) is 5.73 Å². The van der Waals surface area contributed by atoms with Crippen molar-refractivity contribution in [3.05, 3.63) is 111 Å². The number of carbonyl (C=O) groups excluding carboxylic acids is 1. The van der Waals surface area contributed by atoms with Gasteiger partial charge in [0, 0.05) is 23.8 Å². The number of imidazole rings is 1. The molecule has 8 heteroatoms. The van der Waals surface area contributed by atoms with Crippen LogP contribution in [0.4, 0.5) is 0 Å². The number of thiophene rings is 1. The average molecular weight is 546 g/mol. The van der Waals surface area contributed by atoms with E-state index >= 15 is 0 Å². The van der Waals surface area contributed by atoms with Crippen LogP contribution in [0.3, 0.4) is 0 Å². The number of fused-ring (bicyclic) bond motifs is 1. The number of benzene rings is 2. The number of primary amides is 1. The molecule has 5 rings (SSSR count). The summed E-state index contributed by atoms with van der Waals surface area (Å²) in [5.74, 6) is -0.951. The monoisotopic (exact) mass is 545 g/mol. The molecular formula is C30H28ClN3O3S. The second-order valence-corrected chi connectivity index (χ2v) is 11.1. The topological polar surface area (TPSA) is 98.2 Å². The zero-order valence-electron chi connectivity index (χ0n) is 20.9. The van der Waals surface area contributed by atoms with Crippen molar-refractivity contribution in [3.63, 3.8) is 0 Å². The molecule has 1 amide bonds. The van der Waals surface area contributed by atoms with Crippen LogP contribution in [-0.4, -0.2) is 26.5 Å². The second-order valence-electron chi connectivity index (χ2n) is 9.68. The lowest BCUT2D eigenvalue weighted by molar-refractivity contribution is -0.136. The number of hydrogen-bond donors (Lipinski definition) is 2. The number of rotatable bonds is 9. The molecule has 194 valence electrons. The maximum Gasteiger partial charge on any atom is 0.303 e. The van der Waals surface area contributed by atoms with E-state index in [1.165, 1.54) is 11.3 Å². The first kappa shape index (κ1) is 25.9. The highest BCUT2D eigenvalue weighted by molar-refractivity contribution is 7.16. The summed E-state index contributed by atoms with van der Waals surface area (Å²) in [4.78, 5) is 28.5. The van der Waals surface area contributed by atoms with Crippen LogP contribution >= 0.6 is 22.9 Å². The van der Waals surface area contributed by atoms with Crippen molar-refractivity contribution in [1.29, 1.82) is 0 Å². The molecule has 2 heterocycles. The summed E-state index contributed by atoms with van der Waals surface area (Å²) >= 11 is 7.79. The van der Waals surface area contributed by atoms with Crippen molar-refractivity contribution < 1.29 is 14.7 Å². The molecule has 2 atom stereocenters. The maximum atomic E-state index is 12.3. The number of carbonyl (C=O) groups is 2. The van der Waals surface area contributed by atoms with E-state index in [4.69, 9.17) is 27.4 Å². The smallest absolute Gasteiger partial charge is 0.303 e. The Kier molecular flexibility index (Phi) is 7.49. The van der Waals surface area contributed by atoms with Gasteiger partial charge in [-0.3, -0.25) is 14.2 Å². The zero-order chi connectivity index (χ0) is 26.8. The molecule has 4 aromatic rings. The molecule has 0 saturated heterocycles. The summed E-state index contributed by atoms with van der Waals surface area (Å²) in [5, 5.41) is 10.6. The van der Waals surface area contributed by atoms with Gasteiger partial charge in [-0.25, -0.2) is 4.98 Å². The zero-order valence-corrected chi connectivity index (χ0v) is 22.5. The molecule has 38 heavy (non-hydrogen) atoms. The molecule has 0 spiro atoms. The Hall–Kier alpha value is -3.68. The first-order valence-corrected chi connectivity index (χ1v) is 13.7. The molecule has 3 N–H and O–H groups in total. The van der Waals surface area contributed by atoms with Crippen molar-refractivity contribution in [2.75, 3.05) is 0 Å². The molecule has 2 aromatic carbocycles. The lowest BCUT2D eigenvalue weighted by Crippen LogP contribution is -2.12. The van der Waals surface area contributed by atoms with E-state index in [1.54, 1.807) is 6.33 Å². The van der Waals surface area contributed by atoms with E-state index in [0.29, 0.717) is 22.7 Å². The Morgan fingerprint density at radius 3 is 2.79 bits per heavy atom. The summed E-state index contributed by atoms with van der Waals surface area (Å²) in [6.07, 6.45) is 8.06. The van der Waals surface area contributed by atoms with Gasteiger partial charge in [0.05, 0.1) is 16.3 Å². The molecule has 1 aliphatic rings. The molecule has 2 aromatic heterocycles. The Balaban J connectivity index is 1.39. The van der Waals surface area contributed by atoms with E-state index in [9.17, 15) is 9.59 Å². The Labute approximate surface area is 230 Å². The van der Waals surface area contributed by atoms with Gasteiger partial charge in [-0.05, 0) is 59.2 Å². The molecule has 1 unspecified atom stereocenters. The number of hydrogen-bond acceptors (Lipinski definition) is 4. The standard InChI is InChI=1S/C30H28ClN3O3S/c1-18(23-7-2-3-8-24(23)31)13-22-16-27(38-29(22)30(32)37)34-17-33-25-15-21(10-11-26(25)34)20-6-4-5-19(14-20)9-12-28(35)36/h2-8,10-11,14,16-18,21H,9,12-13,15H2,1H3,(H2,32,37)(H,35,36)/t18-,21?/m0/s1. The lowest BCUT2D eigenvalue weighted by Gasteiger charge is -2.18. The third kappa shape index (κ3) is 5.44. The fraction of sp³-hybridized carbons (Fsp3) is 0.233. The van der Waals surface area contributed by atoms with Crippen LogP contribution in [0.5, 0.6) is 0 Å². The highest BCUT2D eigenvalue weighted by atomic mass is 35.5. The van der Waals surface area contributed by atoms with Gasteiger partial charge in [-0.15, -0.1) is 11.3 Å². The number of halogens is 1. The number of amides is 1. The predicted molar refractivity (Wildman–Crippen MR) is 151 cm³/mol. The number of aromatic nitrogens is 2. The Morgan fingerprint density at radius 1 is 1.21 bits per heavy atom. The summed E-state index contributed by atoms with van der Waals surface area (Å²) in [7, 11) is 0. The number of allylic oxidation sites excluding steroid dienone is 1. The van der Waals surface area contributed by atoms with Gasteiger partial charge in [0.1, 0.15) is 11.3 Å². The molecule has 0 aliphatic heterocycles. The molecular weight excluding hydrogens is 518 g/mol. The van der Waals surface area contributed by atoms with Gasteiger partial charge < -0.3 is 10.8 Å². The molecule has 1 aliphatic carbocycles. The Morgan fingerprint density at radius 2 is 2.03 bits per heavy atom. The largest absolute Gasteiger partial charge is 0.481 e. The van der Waals surface area contributed by atoms with Gasteiger partial charge >= 0.3 is 5.97 Å². The molecule has 0 fully saturated rings. The van der Waals surface area contributed by atoms with E-state index < -0.39 is 11.9 Å². The number of aryl methyl sites for hydroxylation is 1. The summed E-state index contributed by atoms with van der Waals surface area (Å²) in [5.41, 5.74) is 11.9. The normalized spacial score (nSPS) is 15.3. The van der Waals surface area contributed by atoms with Gasteiger partial charge in [-0.1, -0.05) is 67.1 Å². The van der Waals surface area contributed by atoms with Crippen LogP contribution in [0.15, 0.2) is 67.0 Å². The number of carboxylic acids is 1. The number of nitrogens with zero attached hydrogens (tertiary/aromatic N) is 2. The highest BCUT2D eigenvalue weighted by Crippen LogP contribution is 2.36. The highest BCUT2D eigenvalue weighted by Gasteiger charge is 2.24. The fourth-order valence-electron chi connectivity index (χ4n) is 5.05. The number of nitrogens with two attached hydrogens (primary N) is 1. The maximum absolute atomic E-state index is 12.3. The minimum Gasteiger partial charge on any atom is -0.481 e. The van der Waals surface area contributed by atoms with E-state index in [-0.39, 0.29) is 18.3 Å².